The van der Waals surface area contributed by atoms with Crippen molar-refractivity contribution in [3.63, 3.8) is 0 Å². The number of rotatable bonds is 12. The lowest BCUT2D eigenvalue weighted by Gasteiger charge is -2.20. The van der Waals surface area contributed by atoms with Crippen LogP contribution in [0, 0.1) is 0 Å². The molecule has 34 heavy (non-hydrogen) atoms. The fraction of sp³-hybridized carbons (Fsp3) is 0.250. The molecule has 3 rings (SSSR count). The van der Waals surface area contributed by atoms with E-state index in [4.69, 9.17) is 42.4 Å². The van der Waals surface area contributed by atoms with Gasteiger partial charge in [-0.25, -0.2) is 0 Å². The van der Waals surface area contributed by atoms with E-state index in [9.17, 15) is 0 Å². The van der Waals surface area contributed by atoms with Crippen molar-refractivity contribution in [2.75, 3.05) is 42.7 Å². The van der Waals surface area contributed by atoms with Crippen LogP contribution in [0.3, 0.4) is 0 Å². The Balaban J connectivity index is 1.97. The summed E-state index contributed by atoms with van der Waals surface area (Å²) < 4.78 is 50.3. The standard InChI is InChI=1S/C24H27BO9/c1-26-16-7-10-19(22(13-16)29-4)32-25(33-20-11-8-17(27-2)14-23(20)30-5)34-21-12-9-18(28-3)15-24(21)31-6/h7-15H,1-6H3. The van der Waals surface area contributed by atoms with Crippen LogP contribution in [0.15, 0.2) is 54.6 Å². The van der Waals surface area contributed by atoms with E-state index in [0.717, 1.165) is 0 Å². The summed E-state index contributed by atoms with van der Waals surface area (Å²) in [7, 11) is 8.02. The summed E-state index contributed by atoms with van der Waals surface area (Å²) in [6.45, 7) is 0. The molecule has 0 aliphatic carbocycles. The van der Waals surface area contributed by atoms with Gasteiger partial charge in [0.15, 0.2) is 17.2 Å². The molecule has 0 radical (unpaired) electrons. The maximum atomic E-state index is 6.06. The van der Waals surface area contributed by atoms with Crippen LogP contribution >= 0.6 is 0 Å². The molecule has 0 N–H and O–H groups in total. The molecule has 10 heteroatoms. The molecule has 0 saturated heterocycles. The first-order valence-corrected chi connectivity index (χ1v) is 10.2. The maximum absolute atomic E-state index is 6.06. The van der Waals surface area contributed by atoms with E-state index in [1.807, 2.05) is 0 Å². The zero-order valence-corrected chi connectivity index (χ0v) is 19.9. The Morgan fingerprint density at radius 2 is 0.676 bits per heavy atom. The van der Waals surface area contributed by atoms with Gasteiger partial charge in [-0.05, 0) is 36.4 Å². The number of benzene rings is 3. The van der Waals surface area contributed by atoms with Gasteiger partial charge in [-0.3, -0.25) is 0 Å². The van der Waals surface area contributed by atoms with Gasteiger partial charge in [0.2, 0.25) is 0 Å². The van der Waals surface area contributed by atoms with Crippen molar-refractivity contribution in [2.45, 2.75) is 0 Å². The minimum absolute atomic E-state index is 0.369. The van der Waals surface area contributed by atoms with Crippen LogP contribution in [-0.4, -0.2) is 50.0 Å². The normalized spacial score (nSPS) is 10.1. The highest BCUT2D eigenvalue weighted by Gasteiger charge is 2.34. The third-order valence-electron chi connectivity index (χ3n) is 4.78. The second-order valence-electron chi connectivity index (χ2n) is 6.69. The predicted molar refractivity (Wildman–Crippen MR) is 126 cm³/mol. The van der Waals surface area contributed by atoms with Crippen molar-refractivity contribution in [2.24, 2.45) is 0 Å². The smallest absolute Gasteiger partial charge is 0.497 e. The Bertz CT molecular complexity index is 953. The van der Waals surface area contributed by atoms with Gasteiger partial charge in [0.25, 0.3) is 0 Å². The third kappa shape index (κ3) is 5.83. The molecule has 0 aliphatic rings. The predicted octanol–water partition coefficient (Wildman–Crippen LogP) is 4.26. The van der Waals surface area contributed by atoms with Crippen LogP contribution in [-0.2, 0) is 0 Å². The molecule has 0 atom stereocenters. The molecule has 0 heterocycles. The van der Waals surface area contributed by atoms with Crippen molar-refractivity contribution in [1.82, 2.24) is 0 Å². The lowest BCUT2D eigenvalue weighted by Crippen LogP contribution is -2.37. The Labute approximate surface area is 199 Å². The van der Waals surface area contributed by atoms with Gasteiger partial charge in [0.05, 0.1) is 42.7 Å². The summed E-state index contributed by atoms with van der Waals surface area (Å²) in [6, 6.07) is 15.3. The van der Waals surface area contributed by atoms with Gasteiger partial charge in [-0.2, -0.15) is 0 Å². The summed E-state index contributed by atoms with van der Waals surface area (Å²) in [5, 5.41) is 0. The monoisotopic (exact) mass is 470 g/mol. The van der Waals surface area contributed by atoms with Crippen LogP contribution < -0.4 is 42.4 Å². The first-order valence-electron chi connectivity index (χ1n) is 10.2. The van der Waals surface area contributed by atoms with Crippen LogP contribution in [0.4, 0.5) is 0 Å². The number of hydrogen-bond donors (Lipinski definition) is 0. The first-order chi connectivity index (χ1) is 16.5. The number of ether oxygens (including phenoxy) is 6. The molecule has 0 saturated carbocycles. The van der Waals surface area contributed by atoms with E-state index < -0.39 is 7.32 Å². The van der Waals surface area contributed by atoms with Crippen LogP contribution in [0.5, 0.6) is 51.7 Å². The minimum atomic E-state index is -1.26. The molecule has 0 fully saturated rings. The van der Waals surface area contributed by atoms with Gasteiger partial charge in [-0.1, -0.05) is 0 Å². The highest BCUT2D eigenvalue weighted by molar-refractivity contribution is 6.39. The Hall–Kier alpha value is -4.08. The Morgan fingerprint density at radius 3 is 0.912 bits per heavy atom. The highest BCUT2D eigenvalue weighted by atomic mass is 16.7. The summed E-state index contributed by atoms with van der Waals surface area (Å²) in [6.07, 6.45) is 0. The Morgan fingerprint density at radius 1 is 0.382 bits per heavy atom. The van der Waals surface area contributed by atoms with Gasteiger partial charge < -0.3 is 42.4 Å². The van der Waals surface area contributed by atoms with E-state index in [1.165, 1.54) is 21.3 Å². The largest absolute Gasteiger partial charge is 0.864 e. The Kier molecular flexibility index (Phi) is 8.45. The zero-order valence-electron chi connectivity index (χ0n) is 19.9. The third-order valence-corrected chi connectivity index (χ3v) is 4.78. The molecule has 9 nitrogen and oxygen atoms in total. The molecule has 0 spiro atoms. The van der Waals surface area contributed by atoms with Crippen molar-refractivity contribution < 1.29 is 42.4 Å². The van der Waals surface area contributed by atoms with Crippen LogP contribution in [0.1, 0.15) is 0 Å². The maximum Gasteiger partial charge on any atom is 0.864 e. The summed E-state index contributed by atoms with van der Waals surface area (Å²) in [5.74, 6) is 4.22. The van der Waals surface area contributed by atoms with Crippen molar-refractivity contribution >= 4 is 7.32 Å². The van der Waals surface area contributed by atoms with Crippen molar-refractivity contribution in [3.8, 4) is 51.7 Å². The van der Waals surface area contributed by atoms with E-state index >= 15 is 0 Å². The minimum Gasteiger partial charge on any atom is -0.497 e. The number of methoxy groups -OCH3 is 6. The van der Waals surface area contributed by atoms with Crippen LogP contribution in [0.25, 0.3) is 0 Å². The lowest BCUT2D eigenvalue weighted by molar-refractivity contribution is 0.280. The SMILES string of the molecule is COc1ccc(OB(Oc2ccc(OC)cc2OC)Oc2ccc(OC)cc2OC)c(OC)c1. The molecule has 180 valence electrons. The fourth-order valence-electron chi connectivity index (χ4n) is 3.00. The molecule has 3 aromatic carbocycles. The quantitative estimate of drug-likeness (QED) is 0.361. The molecule has 0 amide bonds. The van der Waals surface area contributed by atoms with Gasteiger partial charge in [0.1, 0.15) is 34.5 Å². The molecule has 3 aromatic rings. The molecular formula is C24H27BO9. The molecule has 0 unspecified atom stereocenters. The topological polar surface area (TPSA) is 83.1 Å². The lowest BCUT2D eigenvalue weighted by atomic mass is 10.1. The van der Waals surface area contributed by atoms with Crippen molar-refractivity contribution in [1.29, 1.82) is 0 Å². The second kappa shape index (κ2) is 11.7. The van der Waals surface area contributed by atoms with Gasteiger partial charge in [0, 0.05) is 18.2 Å². The second-order valence-corrected chi connectivity index (χ2v) is 6.69. The number of hydrogen-bond acceptors (Lipinski definition) is 9. The zero-order chi connectivity index (χ0) is 24.5. The molecular weight excluding hydrogens is 443 g/mol. The van der Waals surface area contributed by atoms with E-state index in [1.54, 1.807) is 75.9 Å². The average molecular weight is 470 g/mol. The first kappa shape index (κ1) is 24.6. The van der Waals surface area contributed by atoms with Crippen molar-refractivity contribution in [3.05, 3.63) is 54.6 Å². The molecule has 0 bridgehead atoms. The van der Waals surface area contributed by atoms with E-state index in [-0.39, 0.29) is 0 Å². The summed E-state index contributed by atoms with van der Waals surface area (Å²) >= 11 is 0. The average Bonchev–Trinajstić information content (AvgIpc) is 2.89. The van der Waals surface area contributed by atoms with E-state index in [0.29, 0.717) is 51.7 Å². The molecule has 0 aliphatic heterocycles. The fourth-order valence-corrected chi connectivity index (χ4v) is 3.00. The van der Waals surface area contributed by atoms with Crippen LogP contribution in [0.2, 0.25) is 0 Å². The van der Waals surface area contributed by atoms with Gasteiger partial charge >= 0.3 is 7.32 Å². The van der Waals surface area contributed by atoms with E-state index in [2.05, 4.69) is 0 Å². The summed E-state index contributed by atoms with van der Waals surface area (Å²) in [4.78, 5) is 0. The summed E-state index contributed by atoms with van der Waals surface area (Å²) in [5.41, 5.74) is 0. The van der Waals surface area contributed by atoms with Gasteiger partial charge in [-0.15, -0.1) is 0 Å². The molecule has 0 aromatic heterocycles. The highest BCUT2D eigenvalue weighted by Crippen LogP contribution is 2.36.